The lowest BCUT2D eigenvalue weighted by atomic mass is 10.1. The SMILES string of the molecule is CCC[C@H](CN1CC(O)C1)N(C)C(=O)c1ccc(Cl)cc1. The highest BCUT2D eigenvalue weighted by molar-refractivity contribution is 6.30. The van der Waals surface area contributed by atoms with E-state index in [4.69, 9.17) is 11.6 Å². The van der Waals surface area contributed by atoms with E-state index in [0.717, 1.165) is 19.4 Å². The smallest absolute Gasteiger partial charge is 0.253 e. The first-order chi connectivity index (χ1) is 10.0. The van der Waals surface area contributed by atoms with Crippen LogP contribution in [0.2, 0.25) is 5.02 Å². The molecule has 1 aliphatic rings. The molecule has 1 aromatic carbocycles. The van der Waals surface area contributed by atoms with Crippen molar-refractivity contribution in [2.75, 3.05) is 26.7 Å². The molecule has 0 aliphatic carbocycles. The molecule has 0 saturated carbocycles. The lowest BCUT2D eigenvalue weighted by Crippen LogP contribution is -2.55. The number of aliphatic hydroxyl groups excluding tert-OH is 1. The number of rotatable bonds is 6. The zero-order chi connectivity index (χ0) is 15.4. The van der Waals surface area contributed by atoms with Crippen molar-refractivity contribution in [1.82, 2.24) is 9.80 Å². The topological polar surface area (TPSA) is 43.8 Å². The molecular formula is C16H23ClN2O2. The van der Waals surface area contributed by atoms with Crippen molar-refractivity contribution in [2.24, 2.45) is 0 Å². The van der Waals surface area contributed by atoms with E-state index >= 15 is 0 Å². The van der Waals surface area contributed by atoms with Gasteiger partial charge < -0.3 is 10.0 Å². The fourth-order valence-electron chi connectivity index (χ4n) is 2.69. The quantitative estimate of drug-likeness (QED) is 0.876. The normalized spacial score (nSPS) is 17.3. The van der Waals surface area contributed by atoms with Gasteiger partial charge in [-0.1, -0.05) is 24.9 Å². The van der Waals surface area contributed by atoms with Crippen molar-refractivity contribution in [3.8, 4) is 0 Å². The van der Waals surface area contributed by atoms with Crippen molar-refractivity contribution in [3.05, 3.63) is 34.9 Å². The molecule has 0 spiro atoms. The molecular weight excluding hydrogens is 288 g/mol. The predicted molar refractivity (Wildman–Crippen MR) is 84.7 cm³/mol. The largest absolute Gasteiger partial charge is 0.390 e. The van der Waals surface area contributed by atoms with E-state index in [2.05, 4.69) is 11.8 Å². The highest BCUT2D eigenvalue weighted by atomic mass is 35.5. The summed E-state index contributed by atoms with van der Waals surface area (Å²) in [6.07, 6.45) is 1.78. The summed E-state index contributed by atoms with van der Waals surface area (Å²) in [6.45, 7) is 4.37. The van der Waals surface area contributed by atoms with Crippen LogP contribution in [0.1, 0.15) is 30.1 Å². The predicted octanol–water partition coefficient (Wildman–Crippen LogP) is 2.26. The summed E-state index contributed by atoms with van der Waals surface area (Å²) in [5.74, 6) is 0.0196. The van der Waals surface area contributed by atoms with Crippen molar-refractivity contribution < 1.29 is 9.90 Å². The van der Waals surface area contributed by atoms with Crippen LogP contribution in [0.15, 0.2) is 24.3 Å². The van der Waals surface area contributed by atoms with Gasteiger partial charge in [-0.05, 0) is 30.7 Å². The van der Waals surface area contributed by atoms with E-state index in [1.54, 1.807) is 24.3 Å². The van der Waals surface area contributed by atoms with Crippen molar-refractivity contribution in [1.29, 1.82) is 0 Å². The summed E-state index contributed by atoms with van der Waals surface area (Å²) < 4.78 is 0. The molecule has 1 amide bonds. The Kier molecular flexibility index (Phi) is 5.62. The second-order valence-corrected chi connectivity index (χ2v) is 6.17. The number of carbonyl (C=O) groups excluding carboxylic acids is 1. The van der Waals surface area contributed by atoms with Gasteiger partial charge in [0.15, 0.2) is 0 Å². The van der Waals surface area contributed by atoms with Crippen LogP contribution in [-0.4, -0.2) is 59.6 Å². The number of hydrogen-bond acceptors (Lipinski definition) is 3. The number of aliphatic hydroxyl groups is 1. The molecule has 1 fully saturated rings. The first kappa shape index (κ1) is 16.3. The summed E-state index contributed by atoms with van der Waals surface area (Å²) in [4.78, 5) is 16.5. The number of halogens is 1. The highest BCUT2D eigenvalue weighted by Gasteiger charge is 2.29. The van der Waals surface area contributed by atoms with E-state index in [1.165, 1.54) is 0 Å². The third-order valence-corrected chi connectivity index (χ3v) is 4.24. The zero-order valence-electron chi connectivity index (χ0n) is 12.6. The first-order valence-electron chi connectivity index (χ1n) is 7.44. The van der Waals surface area contributed by atoms with Gasteiger partial charge in [0.2, 0.25) is 0 Å². The summed E-state index contributed by atoms with van der Waals surface area (Å²) >= 11 is 5.86. The molecule has 1 saturated heterocycles. The fourth-order valence-corrected chi connectivity index (χ4v) is 2.82. The average Bonchev–Trinajstić information content (AvgIpc) is 2.44. The fraction of sp³-hybridized carbons (Fsp3) is 0.562. The Morgan fingerprint density at radius 3 is 2.57 bits per heavy atom. The van der Waals surface area contributed by atoms with Gasteiger partial charge in [-0.2, -0.15) is 0 Å². The van der Waals surface area contributed by atoms with E-state index in [1.807, 2.05) is 11.9 Å². The maximum Gasteiger partial charge on any atom is 0.253 e. The second kappa shape index (κ2) is 7.25. The molecule has 1 heterocycles. The van der Waals surface area contributed by atoms with Crippen molar-refractivity contribution in [3.63, 3.8) is 0 Å². The third kappa shape index (κ3) is 4.19. The van der Waals surface area contributed by atoms with Crippen molar-refractivity contribution >= 4 is 17.5 Å². The Balaban J connectivity index is 2.00. The molecule has 0 radical (unpaired) electrons. The van der Waals surface area contributed by atoms with Gasteiger partial charge in [0, 0.05) is 43.3 Å². The van der Waals surface area contributed by atoms with Gasteiger partial charge >= 0.3 is 0 Å². The molecule has 4 nitrogen and oxygen atoms in total. The summed E-state index contributed by atoms with van der Waals surface area (Å²) in [6, 6.07) is 7.17. The number of amides is 1. The van der Waals surface area contributed by atoms with Crippen LogP contribution in [0.3, 0.4) is 0 Å². The Hall–Kier alpha value is -1.10. The molecule has 0 unspecified atom stereocenters. The molecule has 5 heteroatoms. The molecule has 1 aromatic rings. The molecule has 116 valence electrons. The minimum Gasteiger partial charge on any atom is -0.390 e. The highest BCUT2D eigenvalue weighted by Crippen LogP contribution is 2.17. The number of carbonyl (C=O) groups is 1. The van der Waals surface area contributed by atoms with Crippen LogP contribution >= 0.6 is 11.6 Å². The summed E-state index contributed by atoms with van der Waals surface area (Å²) in [7, 11) is 1.85. The van der Waals surface area contributed by atoms with Gasteiger partial charge in [-0.15, -0.1) is 0 Å². The summed E-state index contributed by atoms with van der Waals surface area (Å²) in [5, 5.41) is 10.0. The number of nitrogens with zero attached hydrogens (tertiary/aromatic N) is 2. The first-order valence-corrected chi connectivity index (χ1v) is 7.82. The maximum absolute atomic E-state index is 12.5. The minimum atomic E-state index is -0.204. The molecule has 21 heavy (non-hydrogen) atoms. The van der Waals surface area contributed by atoms with Crippen LogP contribution in [0.25, 0.3) is 0 Å². The molecule has 0 aromatic heterocycles. The van der Waals surface area contributed by atoms with Crippen LogP contribution < -0.4 is 0 Å². The molecule has 1 atom stereocenters. The Morgan fingerprint density at radius 1 is 1.43 bits per heavy atom. The molecule has 0 bridgehead atoms. The number of likely N-dealkylation sites (tertiary alicyclic amines) is 1. The second-order valence-electron chi connectivity index (χ2n) is 5.74. The average molecular weight is 311 g/mol. The zero-order valence-corrected chi connectivity index (χ0v) is 13.4. The van der Waals surface area contributed by atoms with Crippen LogP contribution in [0, 0.1) is 0 Å². The third-order valence-electron chi connectivity index (χ3n) is 3.99. The number of likely N-dealkylation sites (N-methyl/N-ethyl adjacent to an activating group) is 1. The van der Waals surface area contributed by atoms with E-state index in [-0.39, 0.29) is 18.1 Å². The van der Waals surface area contributed by atoms with Gasteiger partial charge in [-0.3, -0.25) is 9.69 Å². The lowest BCUT2D eigenvalue weighted by Gasteiger charge is -2.40. The van der Waals surface area contributed by atoms with E-state index < -0.39 is 0 Å². The van der Waals surface area contributed by atoms with Gasteiger partial charge in [0.1, 0.15) is 0 Å². The molecule has 1 aliphatic heterocycles. The number of β-amino-alcohol motifs (C(OH)–C–C–N with tert-alkyl or cyclic N) is 1. The van der Waals surface area contributed by atoms with Gasteiger partial charge in [-0.25, -0.2) is 0 Å². The Labute approximate surface area is 131 Å². The van der Waals surface area contributed by atoms with Crippen LogP contribution in [0.4, 0.5) is 0 Å². The van der Waals surface area contributed by atoms with Crippen LogP contribution in [0.5, 0.6) is 0 Å². The van der Waals surface area contributed by atoms with E-state index in [9.17, 15) is 9.90 Å². The maximum atomic E-state index is 12.5. The Bertz CT molecular complexity index is 472. The monoisotopic (exact) mass is 310 g/mol. The molecule has 1 N–H and O–H groups in total. The van der Waals surface area contributed by atoms with Gasteiger partial charge in [0.25, 0.3) is 5.91 Å². The molecule has 2 rings (SSSR count). The lowest BCUT2D eigenvalue weighted by molar-refractivity contribution is -0.0113. The van der Waals surface area contributed by atoms with Gasteiger partial charge in [0.05, 0.1) is 6.10 Å². The van der Waals surface area contributed by atoms with Crippen LogP contribution in [-0.2, 0) is 0 Å². The van der Waals surface area contributed by atoms with Crippen molar-refractivity contribution in [2.45, 2.75) is 31.9 Å². The summed E-state index contributed by atoms with van der Waals surface area (Å²) in [5.41, 5.74) is 0.659. The number of benzene rings is 1. The number of hydrogen-bond donors (Lipinski definition) is 1. The minimum absolute atomic E-state index is 0.0196. The standard InChI is InChI=1S/C16H23ClN2O2/c1-3-4-14(9-19-10-15(20)11-19)18(2)16(21)12-5-7-13(17)8-6-12/h5-8,14-15,20H,3-4,9-11H2,1-2H3/t14-/m1/s1. The van der Waals surface area contributed by atoms with E-state index in [0.29, 0.717) is 23.7 Å². The Morgan fingerprint density at radius 2 is 2.05 bits per heavy atom.